The predicted molar refractivity (Wildman–Crippen MR) is 81.3 cm³/mol. The van der Waals surface area contributed by atoms with Crippen LogP contribution >= 0.6 is 15.9 Å². The van der Waals surface area contributed by atoms with Gasteiger partial charge in [0.2, 0.25) is 0 Å². The molecule has 0 aromatic heterocycles. The molecule has 3 heteroatoms. The van der Waals surface area contributed by atoms with Crippen molar-refractivity contribution in [1.29, 1.82) is 0 Å². The van der Waals surface area contributed by atoms with Crippen LogP contribution < -0.4 is 0 Å². The highest BCUT2D eigenvalue weighted by molar-refractivity contribution is 9.11. The molecule has 2 fully saturated rings. The third-order valence-corrected chi connectivity index (χ3v) is 3.92. The highest BCUT2D eigenvalue weighted by Gasteiger charge is 2.42. The van der Waals surface area contributed by atoms with Crippen LogP contribution in [0.4, 0.5) is 0 Å². The minimum absolute atomic E-state index is 0.149. The fourth-order valence-corrected chi connectivity index (χ4v) is 2.60. The Kier molecular flexibility index (Phi) is 5.65. The molecule has 2 heterocycles. The van der Waals surface area contributed by atoms with Crippen molar-refractivity contribution in [3.8, 4) is 0 Å². The summed E-state index contributed by atoms with van der Waals surface area (Å²) in [7, 11) is 0. The molecule has 2 aliphatic heterocycles. The van der Waals surface area contributed by atoms with E-state index in [9.17, 15) is 0 Å². The lowest BCUT2D eigenvalue weighted by atomic mass is 10.1. The fraction of sp³-hybridized carbons (Fsp3) is 0.562. The summed E-state index contributed by atoms with van der Waals surface area (Å²) < 4.78 is 11.9. The molecule has 19 heavy (non-hydrogen) atoms. The van der Waals surface area contributed by atoms with Gasteiger partial charge in [0, 0.05) is 17.8 Å². The van der Waals surface area contributed by atoms with E-state index in [1.807, 2.05) is 6.08 Å². The number of allylic oxidation sites excluding steroid dienone is 3. The van der Waals surface area contributed by atoms with Gasteiger partial charge in [0.15, 0.2) is 0 Å². The van der Waals surface area contributed by atoms with Crippen LogP contribution in [-0.4, -0.2) is 24.4 Å². The number of rotatable bonds is 4. The molecule has 0 radical (unpaired) electrons. The zero-order valence-electron chi connectivity index (χ0n) is 11.5. The van der Waals surface area contributed by atoms with Gasteiger partial charge >= 0.3 is 0 Å². The Labute approximate surface area is 124 Å². The molecule has 0 amide bonds. The zero-order chi connectivity index (χ0) is 13.7. The molecular weight excluding hydrogens is 304 g/mol. The molecule has 0 spiro atoms. The molecular formula is C16H21BrO2. The Hall–Kier alpha value is -0.600. The maximum atomic E-state index is 6.00. The highest BCUT2D eigenvalue weighted by Crippen LogP contribution is 2.34. The summed E-state index contributed by atoms with van der Waals surface area (Å²) >= 11 is 3.20. The van der Waals surface area contributed by atoms with Crippen molar-refractivity contribution in [2.75, 3.05) is 0 Å². The summed E-state index contributed by atoms with van der Waals surface area (Å²) in [4.78, 5) is 1.72. The second-order valence-electron chi connectivity index (χ2n) is 5.09. The van der Waals surface area contributed by atoms with Gasteiger partial charge in [0.05, 0.1) is 24.4 Å². The first kappa shape index (κ1) is 14.8. The second kappa shape index (κ2) is 7.25. The SMILES string of the molecule is CC/C(C)=C\C=C\[C@@H]1C[C@H]2O[C@H](C=C=CBr)C[C@H]2O1. The van der Waals surface area contributed by atoms with E-state index in [0.717, 1.165) is 19.3 Å². The summed E-state index contributed by atoms with van der Waals surface area (Å²) in [6.45, 7) is 4.31. The molecule has 2 aliphatic rings. The lowest BCUT2D eigenvalue weighted by Crippen LogP contribution is -2.13. The predicted octanol–water partition coefficient (Wildman–Crippen LogP) is 4.28. The molecule has 0 aromatic rings. The van der Waals surface area contributed by atoms with Gasteiger partial charge in [-0.25, -0.2) is 0 Å². The van der Waals surface area contributed by atoms with E-state index >= 15 is 0 Å². The van der Waals surface area contributed by atoms with E-state index in [1.54, 1.807) is 4.99 Å². The van der Waals surface area contributed by atoms with Crippen LogP contribution in [0.15, 0.2) is 40.6 Å². The smallest absolute Gasteiger partial charge is 0.0874 e. The second-order valence-corrected chi connectivity index (χ2v) is 5.55. The quantitative estimate of drug-likeness (QED) is 0.567. The number of hydrogen-bond acceptors (Lipinski definition) is 2. The average molecular weight is 325 g/mol. The van der Waals surface area contributed by atoms with E-state index in [1.165, 1.54) is 5.57 Å². The molecule has 0 unspecified atom stereocenters. The van der Waals surface area contributed by atoms with Crippen molar-refractivity contribution in [2.24, 2.45) is 0 Å². The topological polar surface area (TPSA) is 18.5 Å². The van der Waals surface area contributed by atoms with E-state index in [-0.39, 0.29) is 24.4 Å². The Bertz CT molecular complexity index is 404. The van der Waals surface area contributed by atoms with Gasteiger partial charge in [-0.1, -0.05) is 46.7 Å². The van der Waals surface area contributed by atoms with Gasteiger partial charge in [-0.15, -0.1) is 5.73 Å². The van der Waals surface area contributed by atoms with Crippen LogP contribution in [0.2, 0.25) is 0 Å². The Balaban J connectivity index is 1.83. The monoisotopic (exact) mass is 324 g/mol. The molecule has 2 nitrogen and oxygen atoms in total. The Morgan fingerprint density at radius 1 is 1.26 bits per heavy atom. The molecule has 2 saturated heterocycles. The van der Waals surface area contributed by atoms with Crippen molar-refractivity contribution in [2.45, 2.75) is 57.5 Å². The van der Waals surface area contributed by atoms with Crippen molar-refractivity contribution < 1.29 is 9.47 Å². The lowest BCUT2D eigenvalue weighted by Gasteiger charge is -2.09. The lowest BCUT2D eigenvalue weighted by molar-refractivity contribution is 0.0498. The van der Waals surface area contributed by atoms with E-state index < -0.39 is 0 Å². The summed E-state index contributed by atoms with van der Waals surface area (Å²) in [5.41, 5.74) is 4.39. The van der Waals surface area contributed by atoms with Crippen LogP contribution in [0.5, 0.6) is 0 Å². The van der Waals surface area contributed by atoms with Gasteiger partial charge < -0.3 is 9.47 Å². The van der Waals surface area contributed by atoms with Gasteiger partial charge in [-0.05, 0) is 19.4 Å². The number of halogens is 1. The standard InChI is InChI=1S/C16H21BrO2/c1-3-12(2)6-4-7-13-10-15-16(18-13)11-14(19-15)8-5-9-17/h4,6-9,13-16H,3,10-11H2,1-2H3/b7-4+,12-6-/t5?,13-,14-,15-,16-/m1/s1. The van der Waals surface area contributed by atoms with E-state index in [2.05, 4.69) is 53.7 Å². The van der Waals surface area contributed by atoms with Crippen molar-refractivity contribution in [1.82, 2.24) is 0 Å². The van der Waals surface area contributed by atoms with Crippen LogP contribution in [0.3, 0.4) is 0 Å². The first-order chi connectivity index (χ1) is 9.22. The minimum atomic E-state index is 0.149. The molecule has 0 aliphatic carbocycles. The Morgan fingerprint density at radius 3 is 2.63 bits per heavy atom. The summed E-state index contributed by atoms with van der Waals surface area (Å²) in [5.74, 6) is 0. The summed E-state index contributed by atoms with van der Waals surface area (Å²) in [6.07, 6.45) is 12.2. The van der Waals surface area contributed by atoms with Crippen LogP contribution in [0.1, 0.15) is 33.1 Å². The first-order valence-corrected chi connectivity index (χ1v) is 7.80. The average Bonchev–Trinajstić information content (AvgIpc) is 2.93. The van der Waals surface area contributed by atoms with Gasteiger partial charge in [0.25, 0.3) is 0 Å². The third kappa shape index (κ3) is 4.19. The first-order valence-electron chi connectivity index (χ1n) is 6.89. The van der Waals surface area contributed by atoms with Gasteiger partial charge in [0.1, 0.15) is 0 Å². The molecule has 0 N–H and O–H groups in total. The molecule has 104 valence electrons. The zero-order valence-corrected chi connectivity index (χ0v) is 13.1. The maximum absolute atomic E-state index is 6.00. The number of hydrogen-bond donors (Lipinski definition) is 0. The van der Waals surface area contributed by atoms with Gasteiger partial charge in [-0.3, -0.25) is 0 Å². The van der Waals surface area contributed by atoms with Crippen molar-refractivity contribution >= 4 is 15.9 Å². The van der Waals surface area contributed by atoms with Gasteiger partial charge in [-0.2, -0.15) is 0 Å². The normalized spacial score (nSPS) is 34.4. The highest BCUT2D eigenvalue weighted by atomic mass is 79.9. The van der Waals surface area contributed by atoms with Crippen LogP contribution in [0, 0.1) is 0 Å². The largest absolute Gasteiger partial charge is 0.368 e. The molecule has 0 saturated carbocycles. The molecule has 0 aromatic carbocycles. The molecule has 0 bridgehead atoms. The maximum Gasteiger partial charge on any atom is 0.0874 e. The number of ether oxygens (including phenoxy) is 2. The summed E-state index contributed by atoms with van der Waals surface area (Å²) in [5, 5.41) is 0. The fourth-order valence-electron chi connectivity index (χ4n) is 2.44. The van der Waals surface area contributed by atoms with Crippen LogP contribution in [-0.2, 0) is 9.47 Å². The molecule has 4 atom stereocenters. The third-order valence-electron chi connectivity index (χ3n) is 3.65. The molecule has 2 rings (SSSR count). The van der Waals surface area contributed by atoms with Crippen LogP contribution in [0.25, 0.3) is 0 Å². The Morgan fingerprint density at radius 2 is 1.95 bits per heavy atom. The van der Waals surface area contributed by atoms with Crippen molar-refractivity contribution in [3.05, 3.63) is 40.6 Å². The number of fused-ring (bicyclic) bond motifs is 1. The van der Waals surface area contributed by atoms with E-state index in [0.29, 0.717) is 0 Å². The van der Waals surface area contributed by atoms with E-state index in [4.69, 9.17) is 9.47 Å². The van der Waals surface area contributed by atoms with Crippen molar-refractivity contribution in [3.63, 3.8) is 0 Å². The summed E-state index contributed by atoms with van der Waals surface area (Å²) in [6, 6.07) is 0. The minimum Gasteiger partial charge on any atom is -0.368 e.